The maximum Gasteiger partial charge on any atom is 0.372 e. The number of benzene rings is 1. The monoisotopic (exact) mass is 303 g/mol. The highest BCUT2D eigenvalue weighted by molar-refractivity contribution is 6.39. The van der Waals surface area contributed by atoms with Gasteiger partial charge in [0.15, 0.2) is 0 Å². The second kappa shape index (κ2) is 5.50. The Morgan fingerprint density at radius 2 is 2.00 bits per heavy atom. The molecule has 19 heavy (non-hydrogen) atoms. The van der Waals surface area contributed by atoms with Gasteiger partial charge >= 0.3 is 5.97 Å². The van der Waals surface area contributed by atoms with Gasteiger partial charge in [-0.05, 0) is 18.2 Å². The van der Waals surface area contributed by atoms with Crippen LogP contribution in [-0.2, 0) is 6.54 Å². The molecular weight excluding hydrogens is 296 g/mol. The van der Waals surface area contributed by atoms with Crippen molar-refractivity contribution in [3.8, 4) is 0 Å². The van der Waals surface area contributed by atoms with Gasteiger partial charge in [0.25, 0.3) is 0 Å². The first kappa shape index (κ1) is 13.7. The zero-order chi connectivity index (χ0) is 14.0. The van der Waals surface area contributed by atoms with Gasteiger partial charge in [0, 0.05) is 12.1 Å². The van der Waals surface area contributed by atoms with Crippen LogP contribution < -0.4 is 5.32 Å². The lowest BCUT2D eigenvalue weighted by molar-refractivity contribution is 0.0661. The third-order valence-corrected chi connectivity index (χ3v) is 3.00. The minimum absolute atomic E-state index is 0.116. The molecule has 0 fully saturated rings. The summed E-state index contributed by atoms with van der Waals surface area (Å²) in [7, 11) is 0. The molecule has 0 aliphatic rings. The third-order valence-electron chi connectivity index (χ3n) is 2.40. The summed E-state index contributed by atoms with van der Waals surface area (Å²) in [6, 6.07) is 3.74. The maximum absolute atomic E-state index is 13.0. The molecular formula is C12H8Cl2FNO3. The van der Waals surface area contributed by atoms with Gasteiger partial charge in [0.2, 0.25) is 5.76 Å². The quantitative estimate of drug-likeness (QED) is 0.895. The Hall–Kier alpha value is -1.72. The average molecular weight is 304 g/mol. The molecule has 100 valence electrons. The minimum Gasteiger partial charge on any atom is -0.475 e. The second-order valence-electron chi connectivity index (χ2n) is 3.68. The molecule has 4 nitrogen and oxygen atoms in total. The fraction of sp³-hybridized carbons (Fsp3) is 0.0833. The summed E-state index contributed by atoms with van der Waals surface area (Å²) in [6.07, 6.45) is 1.27. The summed E-state index contributed by atoms with van der Waals surface area (Å²) in [5, 5.41) is 12.0. The Morgan fingerprint density at radius 3 is 2.58 bits per heavy atom. The summed E-state index contributed by atoms with van der Waals surface area (Å²) >= 11 is 11.7. The van der Waals surface area contributed by atoms with Gasteiger partial charge in [0.1, 0.15) is 5.82 Å². The van der Waals surface area contributed by atoms with E-state index in [0.717, 1.165) is 12.1 Å². The van der Waals surface area contributed by atoms with Crippen LogP contribution in [0.1, 0.15) is 16.1 Å². The number of carbonyl (C=O) groups is 1. The van der Waals surface area contributed by atoms with Gasteiger partial charge in [-0.1, -0.05) is 23.2 Å². The van der Waals surface area contributed by atoms with Crippen molar-refractivity contribution in [2.24, 2.45) is 0 Å². The molecule has 0 aliphatic carbocycles. The van der Waals surface area contributed by atoms with E-state index >= 15 is 0 Å². The van der Waals surface area contributed by atoms with Crippen molar-refractivity contribution in [3.63, 3.8) is 0 Å². The van der Waals surface area contributed by atoms with E-state index in [9.17, 15) is 9.18 Å². The molecule has 0 bridgehead atoms. The van der Waals surface area contributed by atoms with Gasteiger partial charge < -0.3 is 14.8 Å². The lowest BCUT2D eigenvalue weighted by Gasteiger charge is -2.10. The number of hydrogen-bond acceptors (Lipinski definition) is 3. The highest BCUT2D eigenvalue weighted by Gasteiger charge is 2.15. The number of hydrogen-bond donors (Lipinski definition) is 2. The Balaban J connectivity index is 2.19. The Kier molecular flexibility index (Phi) is 3.97. The molecule has 7 heteroatoms. The number of nitrogens with one attached hydrogen (secondary N) is 1. The van der Waals surface area contributed by atoms with Crippen LogP contribution in [0.25, 0.3) is 0 Å². The number of aromatic carboxylic acids is 1. The first-order chi connectivity index (χ1) is 8.99. The average Bonchev–Trinajstić information content (AvgIpc) is 2.75. The van der Waals surface area contributed by atoms with Crippen molar-refractivity contribution in [2.75, 3.05) is 5.32 Å². The lowest BCUT2D eigenvalue weighted by Crippen LogP contribution is -2.05. The number of rotatable bonds is 4. The number of carboxylic acids is 1. The fourth-order valence-electron chi connectivity index (χ4n) is 1.56. The van der Waals surface area contributed by atoms with E-state index in [2.05, 4.69) is 5.32 Å². The van der Waals surface area contributed by atoms with Crippen LogP contribution in [0.4, 0.5) is 10.1 Å². The highest BCUT2D eigenvalue weighted by Crippen LogP contribution is 2.31. The molecule has 0 saturated carbocycles. The van der Waals surface area contributed by atoms with Crippen LogP contribution in [0.3, 0.4) is 0 Å². The van der Waals surface area contributed by atoms with E-state index in [1.54, 1.807) is 0 Å². The van der Waals surface area contributed by atoms with E-state index in [1.807, 2.05) is 0 Å². The van der Waals surface area contributed by atoms with Crippen molar-refractivity contribution >= 4 is 34.9 Å². The molecule has 0 amide bonds. The first-order valence-electron chi connectivity index (χ1n) is 5.17. The van der Waals surface area contributed by atoms with Crippen molar-refractivity contribution in [1.29, 1.82) is 0 Å². The number of carboxylic acid groups (broad SMARTS) is 1. The van der Waals surface area contributed by atoms with Crippen LogP contribution in [-0.4, -0.2) is 11.1 Å². The Morgan fingerprint density at radius 1 is 1.37 bits per heavy atom. The van der Waals surface area contributed by atoms with Gasteiger partial charge in [0.05, 0.1) is 22.0 Å². The predicted octanol–water partition coefficient (Wildman–Crippen LogP) is 4.04. The molecule has 0 saturated heterocycles. The molecule has 0 atom stereocenters. The zero-order valence-corrected chi connectivity index (χ0v) is 10.9. The van der Waals surface area contributed by atoms with Gasteiger partial charge in [-0.15, -0.1) is 0 Å². The van der Waals surface area contributed by atoms with Gasteiger partial charge in [-0.25, -0.2) is 9.18 Å². The predicted molar refractivity (Wildman–Crippen MR) is 69.4 cm³/mol. The van der Waals surface area contributed by atoms with Crippen molar-refractivity contribution in [1.82, 2.24) is 0 Å². The van der Waals surface area contributed by atoms with Crippen LogP contribution in [0, 0.1) is 5.82 Å². The lowest BCUT2D eigenvalue weighted by atomic mass is 10.2. The first-order valence-corrected chi connectivity index (χ1v) is 5.92. The molecule has 2 N–H and O–H groups in total. The largest absolute Gasteiger partial charge is 0.475 e. The van der Waals surface area contributed by atoms with Crippen molar-refractivity contribution in [3.05, 3.63) is 51.6 Å². The van der Waals surface area contributed by atoms with Gasteiger partial charge in [-0.2, -0.15) is 0 Å². The molecule has 0 unspecified atom stereocenters. The van der Waals surface area contributed by atoms with Crippen LogP contribution in [0.5, 0.6) is 0 Å². The maximum atomic E-state index is 13.0. The number of anilines is 1. The summed E-state index contributed by atoms with van der Waals surface area (Å²) in [5.41, 5.74) is 0.770. The molecule has 0 aliphatic heterocycles. The second-order valence-corrected chi connectivity index (χ2v) is 4.49. The van der Waals surface area contributed by atoms with E-state index in [4.69, 9.17) is 32.7 Å². The van der Waals surface area contributed by atoms with E-state index < -0.39 is 11.8 Å². The normalized spacial score (nSPS) is 10.5. The van der Waals surface area contributed by atoms with E-state index in [-0.39, 0.29) is 22.4 Å². The SMILES string of the molecule is O=C(O)c1occc1CNc1c(Cl)cc(F)cc1Cl. The minimum atomic E-state index is -1.17. The van der Waals surface area contributed by atoms with Crippen LogP contribution in [0.2, 0.25) is 10.0 Å². The van der Waals surface area contributed by atoms with Gasteiger partial charge in [-0.3, -0.25) is 0 Å². The summed E-state index contributed by atoms with van der Waals surface area (Å²) < 4.78 is 17.8. The Bertz CT molecular complexity index is 604. The van der Waals surface area contributed by atoms with Crippen molar-refractivity contribution < 1.29 is 18.7 Å². The standard InChI is InChI=1S/C12H8Cl2FNO3/c13-8-3-7(15)4-9(14)10(8)16-5-6-1-2-19-11(6)12(17)18/h1-4,16H,5H2,(H,17,18). The Labute approximate surface area is 117 Å². The summed E-state index contributed by atoms with van der Waals surface area (Å²) in [5.74, 6) is -1.88. The topological polar surface area (TPSA) is 62.5 Å². The molecule has 1 aromatic carbocycles. The molecule has 0 spiro atoms. The number of halogens is 3. The molecule has 0 radical (unpaired) electrons. The number of furan rings is 1. The van der Waals surface area contributed by atoms with E-state index in [0.29, 0.717) is 11.3 Å². The summed E-state index contributed by atoms with van der Waals surface area (Å²) in [4.78, 5) is 10.8. The van der Waals surface area contributed by atoms with Crippen LogP contribution >= 0.6 is 23.2 Å². The zero-order valence-electron chi connectivity index (χ0n) is 9.41. The third kappa shape index (κ3) is 3.00. The molecule has 2 rings (SSSR count). The van der Waals surface area contributed by atoms with E-state index in [1.165, 1.54) is 12.3 Å². The highest BCUT2D eigenvalue weighted by atomic mass is 35.5. The summed E-state index contributed by atoms with van der Waals surface area (Å²) in [6.45, 7) is 0.142. The molecule has 2 aromatic rings. The molecule has 1 aromatic heterocycles. The fourth-order valence-corrected chi connectivity index (χ4v) is 2.15. The van der Waals surface area contributed by atoms with Crippen molar-refractivity contribution in [2.45, 2.75) is 6.54 Å². The van der Waals surface area contributed by atoms with Crippen LogP contribution in [0.15, 0.2) is 28.9 Å². The smallest absolute Gasteiger partial charge is 0.372 e. The molecule has 1 heterocycles.